The molecular formula is C21H31NO5. The SMILES string of the molecule is COC(=O)c1ccc(C(C)C)cc1OC1CCN(C(=O)OC(C)(C)C)CC1. The van der Waals surface area contributed by atoms with Crippen LogP contribution in [-0.4, -0.2) is 48.9 Å². The zero-order chi connectivity index (χ0) is 20.2. The van der Waals surface area contributed by atoms with Gasteiger partial charge in [-0.3, -0.25) is 0 Å². The molecule has 1 saturated heterocycles. The summed E-state index contributed by atoms with van der Waals surface area (Å²) in [7, 11) is 1.36. The normalized spacial score (nSPS) is 15.6. The molecule has 1 heterocycles. The maximum atomic E-state index is 12.2. The summed E-state index contributed by atoms with van der Waals surface area (Å²) in [6, 6.07) is 5.60. The average Bonchev–Trinajstić information content (AvgIpc) is 2.60. The molecule has 1 aliphatic rings. The molecular weight excluding hydrogens is 346 g/mol. The molecule has 0 aromatic heterocycles. The minimum absolute atomic E-state index is 0.0606. The Morgan fingerprint density at radius 1 is 1.15 bits per heavy atom. The van der Waals surface area contributed by atoms with E-state index in [9.17, 15) is 9.59 Å². The van der Waals surface area contributed by atoms with Gasteiger partial charge in [0, 0.05) is 25.9 Å². The first-order chi connectivity index (χ1) is 12.6. The highest BCUT2D eigenvalue weighted by molar-refractivity contribution is 5.92. The quantitative estimate of drug-likeness (QED) is 0.729. The van der Waals surface area contributed by atoms with Gasteiger partial charge in [0.05, 0.1) is 7.11 Å². The van der Waals surface area contributed by atoms with E-state index in [-0.39, 0.29) is 12.2 Å². The van der Waals surface area contributed by atoms with E-state index >= 15 is 0 Å². The first-order valence-electron chi connectivity index (χ1n) is 9.47. The predicted octanol–water partition coefficient (Wildman–Crippen LogP) is 4.37. The van der Waals surface area contributed by atoms with Crippen LogP contribution in [0, 0.1) is 0 Å². The van der Waals surface area contributed by atoms with Crippen LogP contribution in [0.1, 0.15) is 69.3 Å². The van der Waals surface area contributed by atoms with Crippen LogP contribution in [0.3, 0.4) is 0 Å². The molecule has 0 bridgehead atoms. The molecule has 0 radical (unpaired) electrons. The Morgan fingerprint density at radius 2 is 1.78 bits per heavy atom. The zero-order valence-corrected chi connectivity index (χ0v) is 17.2. The molecule has 0 atom stereocenters. The summed E-state index contributed by atoms with van der Waals surface area (Å²) in [6.45, 7) is 10.9. The van der Waals surface area contributed by atoms with Gasteiger partial charge in [-0.05, 0) is 44.4 Å². The van der Waals surface area contributed by atoms with Gasteiger partial charge in [-0.2, -0.15) is 0 Å². The van der Waals surface area contributed by atoms with E-state index in [0.29, 0.717) is 43.2 Å². The first-order valence-corrected chi connectivity index (χ1v) is 9.47. The molecule has 0 spiro atoms. The van der Waals surface area contributed by atoms with E-state index in [1.54, 1.807) is 11.0 Å². The number of amides is 1. The van der Waals surface area contributed by atoms with Crippen molar-refractivity contribution in [2.24, 2.45) is 0 Å². The monoisotopic (exact) mass is 377 g/mol. The second kappa shape index (κ2) is 8.63. The van der Waals surface area contributed by atoms with Crippen LogP contribution in [0.5, 0.6) is 5.75 Å². The minimum Gasteiger partial charge on any atom is -0.489 e. The summed E-state index contributed by atoms with van der Waals surface area (Å²) >= 11 is 0. The lowest BCUT2D eigenvalue weighted by Gasteiger charge is -2.33. The number of hydrogen-bond acceptors (Lipinski definition) is 5. The lowest BCUT2D eigenvalue weighted by molar-refractivity contribution is 0.0126. The van der Waals surface area contributed by atoms with E-state index in [1.807, 2.05) is 32.9 Å². The number of piperidine rings is 1. The largest absolute Gasteiger partial charge is 0.489 e. The second-order valence-electron chi connectivity index (χ2n) is 8.19. The summed E-state index contributed by atoms with van der Waals surface area (Å²) in [5, 5.41) is 0. The lowest BCUT2D eigenvalue weighted by Crippen LogP contribution is -2.44. The fraction of sp³-hybridized carbons (Fsp3) is 0.619. The van der Waals surface area contributed by atoms with E-state index in [0.717, 1.165) is 5.56 Å². The Morgan fingerprint density at radius 3 is 2.30 bits per heavy atom. The molecule has 27 heavy (non-hydrogen) atoms. The van der Waals surface area contributed by atoms with Gasteiger partial charge in [0.25, 0.3) is 0 Å². The molecule has 1 aromatic rings. The van der Waals surface area contributed by atoms with Crippen molar-refractivity contribution in [1.29, 1.82) is 0 Å². The van der Waals surface area contributed by atoms with Crippen LogP contribution in [0.15, 0.2) is 18.2 Å². The van der Waals surface area contributed by atoms with E-state index in [2.05, 4.69) is 13.8 Å². The topological polar surface area (TPSA) is 65.1 Å². The van der Waals surface area contributed by atoms with Gasteiger partial charge in [-0.1, -0.05) is 19.9 Å². The third-order valence-electron chi connectivity index (χ3n) is 4.46. The third kappa shape index (κ3) is 5.88. The summed E-state index contributed by atoms with van der Waals surface area (Å²) in [5.41, 5.74) is 1.03. The number of carbonyl (C=O) groups is 2. The van der Waals surface area contributed by atoms with Crippen molar-refractivity contribution in [1.82, 2.24) is 4.90 Å². The van der Waals surface area contributed by atoms with Crippen LogP contribution in [0.25, 0.3) is 0 Å². The Hall–Kier alpha value is -2.24. The van der Waals surface area contributed by atoms with Crippen LogP contribution in [0.4, 0.5) is 4.79 Å². The van der Waals surface area contributed by atoms with Crippen molar-refractivity contribution in [3.63, 3.8) is 0 Å². The highest BCUT2D eigenvalue weighted by atomic mass is 16.6. The van der Waals surface area contributed by atoms with Gasteiger partial charge in [0.15, 0.2) is 0 Å². The summed E-state index contributed by atoms with van der Waals surface area (Å²) in [4.78, 5) is 25.9. The molecule has 1 amide bonds. The number of benzene rings is 1. The van der Waals surface area contributed by atoms with Gasteiger partial charge >= 0.3 is 12.1 Å². The van der Waals surface area contributed by atoms with E-state index < -0.39 is 11.6 Å². The molecule has 2 rings (SSSR count). The first kappa shape index (κ1) is 21.1. The lowest BCUT2D eigenvalue weighted by atomic mass is 10.0. The molecule has 0 N–H and O–H groups in total. The highest BCUT2D eigenvalue weighted by Gasteiger charge is 2.28. The summed E-state index contributed by atoms with van der Waals surface area (Å²) < 4.78 is 16.4. The molecule has 6 nitrogen and oxygen atoms in total. The van der Waals surface area contributed by atoms with Crippen molar-refractivity contribution in [3.8, 4) is 5.75 Å². The molecule has 6 heteroatoms. The van der Waals surface area contributed by atoms with Crippen LogP contribution >= 0.6 is 0 Å². The molecule has 150 valence electrons. The fourth-order valence-electron chi connectivity index (χ4n) is 2.94. The fourth-order valence-corrected chi connectivity index (χ4v) is 2.94. The average molecular weight is 377 g/mol. The maximum Gasteiger partial charge on any atom is 0.410 e. The van der Waals surface area contributed by atoms with E-state index in [1.165, 1.54) is 7.11 Å². The molecule has 0 aliphatic carbocycles. The molecule has 1 fully saturated rings. The van der Waals surface area contributed by atoms with Gasteiger partial charge in [-0.25, -0.2) is 9.59 Å². The van der Waals surface area contributed by atoms with Crippen molar-refractivity contribution >= 4 is 12.1 Å². The number of esters is 1. The number of carbonyl (C=O) groups excluding carboxylic acids is 2. The highest BCUT2D eigenvalue weighted by Crippen LogP contribution is 2.28. The number of nitrogens with zero attached hydrogens (tertiary/aromatic N) is 1. The number of methoxy groups -OCH3 is 1. The number of hydrogen-bond donors (Lipinski definition) is 0. The molecule has 1 aliphatic heterocycles. The van der Waals surface area contributed by atoms with Gasteiger partial charge in [-0.15, -0.1) is 0 Å². The third-order valence-corrected chi connectivity index (χ3v) is 4.46. The predicted molar refractivity (Wildman–Crippen MR) is 103 cm³/mol. The smallest absolute Gasteiger partial charge is 0.410 e. The van der Waals surface area contributed by atoms with Crippen molar-refractivity contribution in [3.05, 3.63) is 29.3 Å². The minimum atomic E-state index is -0.503. The molecule has 1 aromatic carbocycles. The molecule has 0 unspecified atom stereocenters. The Bertz CT molecular complexity index is 670. The Balaban J connectivity index is 2.05. The van der Waals surface area contributed by atoms with Gasteiger partial charge in [0.2, 0.25) is 0 Å². The summed E-state index contributed by atoms with van der Waals surface area (Å²) in [5.74, 6) is 0.461. The van der Waals surface area contributed by atoms with E-state index in [4.69, 9.17) is 14.2 Å². The molecule has 0 saturated carbocycles. The van der Waals surface area contributed by atoms with Gasteiger partial charge in [0.1, 0.15) is 23.0 Å². The van der Waals surface area contributed by atoms with Crippen molar-refractivity contribution < 1.29 is 23.8 Å². The van der Waals surface area contributed by atoms with Crippen LogP contribution in [0.2, 0.25) is 0 Å². The van der Waals surface area contributed by atoms with Crippen molar-refractivity contribution in [2.75, 3.05) is 20.2 Å². The van der Waals surface area contributed by atoms with Crippen LogP contribution in [-0.2, 0) is 9.47 Å². The Kier molecular flexibility index (Phi) is 6.73. The number of rotatable bonds is 4. The maximum absolute atomic E-state index is 12.2. The second-order valence-corrected chi connectivity index (χ2v) is 8.19. The summed E-state index contributed by atoms with van der Waals surface area (Å²) in [6.07, 6.45) is 1.02. The standard InChI is InChI=1S/C21H31NO5/c1-14(2)15-7-8-17(19(23)25-6)18(13-15)26-16-9-11-22(12-10-16)20(24)27-21(3,4)5/h7-8,13-14,16H,9-12H2,1-6H3. The van der Waals surface area contributed by atoms with Gasteiger partial charge < -0.3 is 19.1 Å². The Labute approximate surface area is 161 Å². The number of ether oxygens (including phenoxy) is 3. The zero-order valence-electron chi connectivity index (χ0n) is 17.2. The van der Waals surface area contributed by atoms with Crippen LogP contribution < -0.4 is 4.74 Å². The number of likely N-dealkylation sites (tertiary alicyclic amines) is 1. The van der Waals surface area contributed by atoms with Crippen molar-refractivity contribution in [2.45, 2.75) is 65.1 Å².